The predicted octanol–water partition coefficient (Wildman–Crippen LogP) is 1.01. The zero-order valence-corrected chi connectivity index (χ0v) is 8.57. The van der Waals surface area contributed by atoms with E-state index in [1.807, 2.05) is 17.1 Å². The van der Waals surface area contributed by atoms with Crippen LogP contribution in [0.15, 0.2) is 24.3 Å². The summed E-state index contributed by atoms with van der Waals surface area (Å²) in [6, 6.07) is 7.11. The summed E-state index contributed by atoms with van der Waals surface area (Å²) in [4.78, 5) is 11.8. The second kappa shape index (κ2) is 4.31. The number of benzene rings is 1. The number of hydrogen-bond acceptors (Lipinski definition) is 3. The molecule has 1 saturated heterocycles. The fraction of sp³-hybridized carbons (Fsp3) is 0.364. The number of carbonyl (C=O) groups excluding carboxylic acids is 1. The third-order valence-corrected chi connectivity index (χ3v) is 2.57. The Morgan fingerprint density at radius 2 is 1.93 bits per heavy atom. The van der Waals surface area contributed by atoms with Crippen LogP contribution in [0.5, 0.6) is 0 Å². The molecule has 0 aliphatic carbocycles. The van der Waals surface area contributed by atoms with Crippen LogP contribution in [0.1, 0.15) is 23.2 Å². The predicted molar refractivity (Wildman–Crippen MR) is 59.1 cm³/mol. The Kier molecular flexibility index (Phi) is 2.87. The maximum absolute atomic E-state index is 11.8. The first-order valence-corrected chi connectivity index (χ1v) is 5.18. The molecular formula is C11H15N3O. The molecular weight excluding hydrogens is 190 g/mol. The molecule has 15 heavy (non-hydrogen) atoms. The van der Waals surface area contributed by atoms with Crippen molar-refractivity contribution in [1.82, 2.24) is 10.4 Å². The molecule has 1 aliphatic heterocycles. The van der Waals surface area contributed by atoms with Gasteiger partial charge >= 0.3 is 0 Å². The molecule has 0 aromatic heterocycles. The van der Waals surface area contributed by atoms with Crippen LogP contribution in [0.4, 0.5) is 5.69 Å². The first-order chi connectivity index (χ1) is 7.27. The Balaban J connectivity index is 2.04. The van der Waals surface area contributed by atoms with Gasteiger partial charge in [-0.1, -0.05) is 12.1 Å². The lowest BCUT2D eigenvalue weighted by molar-refractivity contribution is 0.0827. The molecule has 0 bridgehead atoms. The molecule has 1 aromatic rings. The minimum Gasteiger partial charge on any atom is -0.398 e. The van der Waals surface area contributed by atoms with Crippen molar-refractivity contribution < 1.29 is 4.79 Å². The van der Waals surface area contributed by atoms with E-state index in [2.05, 4.69) is 5.43 Å². The molecule has 1 aliphatic rings. The van der Waals surface area contributed by atoms with Crippen LogP contribution >= 0.6 is 0 Å². The van der Waals surface area contributed by atoms with Gasteiger partial charge in [-0.25, -0.2) is 5.01 Å². The highest BCUT2D eigenvalue weighted by molar-refractivity contribution is 5.98. The minimum absolute atomic E-state index is 0.116. The fourth-order valence-electron chi connectivity index (χ4n) is 1.74. The Labute approximate surface area is 89.0 Å². The van der Waals surface area contributed by atoms with E-state index in [0.717, 1.165) is 25.9 Å². The van der Waals surface area contributed by atoms with Gasteiger partial charge in [0.2, 0.25) is 0 Å². The molecule has 1 heterocycles. The summed E-state index contributed by atoms with van der Waals surface area (Å²) in [6.45, 7) is 1.86. The van der Waals surface area contributed by atoms with E-state index >= 15 is 0 Å². The number of nitrogens with zero attached hydrogens (tertiary/aromatic N) is 1. The van der Waals surface area contributed by atoms with Gasteiger partial charge in [-0.15, -0.1) is 0 Å². The normalized spacial score (nSPS) is 16.5. The number of rotatable bonds is 2. The van der Waals surface area contributed by atoms with Crippen molar-refractivity contribution in [2.45, 2.75) is 12.8 Å². The quantitative estimate of drug-likeness (QED) is 0.708. The van der Waals surface area contributed by atoms with E-state index in [4.69, 9.17) is 5.73 Å². The van der Waals surface area contributed by atoms with Crippen molar-refractivity contribution in [3.05, 3.63) is 29.8 Å². The number of nitrogens with two attached hydrogens (primary N) is 1. The number of nitrogen functional groups attached to an aromatic ring is 1. The second-order valence-corrected chi connectivity index (χ2v) is 3.72. The van der Waals surface area contributed by atoms with Crippen molar-refractivity contribution in [3.63, 3.8) is 0 Å². The molecule has 1 aromatic carbocycles. The maximum atomic E-state index is 11.8. The molecule has 4 heteroatoms. The number of carbonyl (C=O) groups is 1. The van der Waals surface area contributed by atoms with Crippen molar-refractivity contribution in [2.24, 2.45) is 0 Å². The Morgan fingerprint density at radius 1 is 1.27 bits per heavy atom. The summed E-state index contributed by atoms with van der Waals surface area (Å²) in [5.41, 5.74) is 9.63. The van der Waals surface area contributed by atoms with Gasteiger partial charge in [-0.2, -0.15) is 0 Å². The van der Waals surface area contributed by atoms with E-state index in [-0.39, 0.29) is 5.91 Å². The number of hydrazine groups is 1. The van der Waals surface area contributed by atoms with Crippen LogP contribution in [0.25, 0.3) is 0 Å². The molecule has 0 atom stereocenters. The van der Waals surface area contributed by atoms with E-state index in [1.54, 1.807) is 12.1 Å². The largest absolute Gasteiger partial charge is 0.398 e. The van der Waals surface area contributed by atoms with Crippen molar-refractivity contribution in [1.29, 1.82) is 0 Å². The van der Waals surface area contributed by atoms with Gasteiger partial charge in [-0.05, 0) is 25.0 Å². The lowest BCUT2D eigenvalue weighted by Gasteiger charge is -2.16. The summed E-state index contributed by atoms with van der Waals surface area (Å²) in [7, 11) is 0. The first-order valence-electron chi connectivity index (χ1n) is 5.18. The molecule has 4 nitrogen and oxygen atoms in total. The first kappa shape index (κ1) is 9.98. The molecule has 0 radical (unpaired) electrons. The number of amides is 1. The molecule has 0 saturated carbocycles. The van der Waals surface area contributed by atoms with Gasteiger partial charge in [0.1, 0.15) is 0 Å². The monoisotopic (exact) mass is 205 g/mol. The molecule has 1 fully saturated rings. The molecule has 0 unspecified atom stereocenters. The third kappa shape index (κ3) is 2.27. The van der Waals surface area contributed by atoms with Crippen LogP contribution in [0, 0.1) is 0 Å². The summed E-state index contributed by atoms with van der Waals surface area (Å²) in [5.74, 6) is -0.116. The molecule has 3 N–H and O–H groups in total. The van der Waals surface area contributed by atoms with E-state index < -0.39 is 0 Å². The average molecular weight is 205 g/mol. The van der Waals surface area contributed by atoms with Gasteiger partial charge in [0, 0.05) is 18.8 Å². The van der Waals surface area contributed by atoms with Crippen LogP contribution in [-0.2, 0) is 0 Å². The highest BCUT2D eigenvalue weighted by Gasteiger charge is 2.16. The Bertz CT molecular complexity index is 359. The van der Waals surface area contributed by atoms with E-state index in [0.29, 0.717) is 11.3 Å². The van der Waals surface area contributed by atoms with Gasteiger partial charge in [0.05, 0.1) is 5.56 Å². The highest BCUT2D eigenvalue weighted by Crippen LogP contribution is 2.11. The smallest absolute Gasteiger partial charge is 0.267 e. The van der Waals surface area contributed by atoms with Crippen LogP contribution in [0.2, 0.25) is 0 Å². The van der Waals surface area contributed by atoms with Crippen LogP contribution < -0.4 is 11.2 Å². The lowest BCUT2D eigenvalue weighted by atomic mass is 10.2. The number of anilines is 1. The number of hydrogen-bond donors (Lipinski definition) is 2. The van der Waals surface area contributed by atoms with Gasteiger partial charge in [0.15, 0.2) is 0 Å². The summed E-state index contributed by atoms with van der Waals surface area (Å²) in [5, 5.41) is 1.94. The number of para-hydroxylation sites is 1. The lowest BCUT2D eigenvalue weighted by Crippen LogP contribution is -2.40. The van der Waals surface area contributed by atoms with E-state index in [9.17, 15) is 4.79 Å². The van der Waals surface area contributed by atoms with Crippen molar-refractivity contribution in [2.75, 3.05) is 18.8 Å². The SMILES string of the molecule is Nc1ccccc1C(=O)NN1CCCC1. The van der Waals surface area contributed by atoms with E-state index in [1.165, 1.54) is 0 Å². The Hall–Kier alpha value is -1.55. The second-order valence-electron chi connectivity index (χ2n) is 3.72. The van der Waals surface area contributed by atoms with Crippen LogP contribution in [0.3, 0.4) is 0 Å². The third-order valence-electron chi connectivity index (χ3n) is 2.57. The molecule has 0 spiro atoms. The molecule has 1 amide bonds. The average Bonchev–Trinajstić information content (AvgIpc) is 2.71. The number of nitrogens with one attached hydrogen (secondary N) is 1. The minimum atomic E-state index is -0.116. The standard InChI is InChI=1S/C11H15N3O/c12-10-6-2-1-5-9(10)11(15)13-14-7-3-4-8-14/h1-2,5-6H,3-4,7-8,12H2,(H,13,15). The van der Waals surface area contributed by atoms with Crippen molar-refractivity contribution >= 4 is 11.6 Å². The van der Waals surface area contributed by atoms with Crippen LogP contribution in [-0.4, -0.2) is 24.0 Å². The fourth-order valence-corrected chi connectivity index (χ4v) is 1.74. The molecule has 80 valence electrons. The topological polar surface area (TPSA) is 58.4 Å². The summed E-state index contributed by atoms with van der Waals surface area (Å²) in [6.07, 6.45) is 2.29. The van der Waals surface area contributed by atoms with Gasteiger partial charge in [0.25, 0.3) is 5.91 Å². The maximum Gasteiger partial charge on any atom is 0.267 e. The zero-order chi connectivity index (χ0) is 10.7. The summed E-state index contributed by atoms with van der Waals surface area (Å²) >= 11 is 0. The van der Waals surface area contributed by atoms with Crippen molar-refractivity contribution in [3.8, 4) is 0 Å². The summed E-state index contributed by atoms with van der Waals surface area (Å²) < 4.78 is 0. The van der Waals surface area contributed by atoms with Gasteiger partial charge < -0.3 is 5.73 Å². The van der Waals surface area contributed by atoms with Gasteiger partial charge in [-0.3, -0.25) is 10.2 Å². The Morgan fingerprint density at radius 3 is 2.60 bits per heavy atom. The molecule has 2 rings (SSSR count). The zero-order valence-electron chi connectivity index (χ0n) is 8.57. The highest BCUT2D eigenvalue weighted by atomic mass is 16.2.